The standard InChI is InChI=1S/C7H13N3O/c1-5-6(7(2,3)4)10(11)9-8-5/h11H,1-4H3. The molecule has 0 aliphatic heterocycles. The minimum atomic E-state index is -0.109. The van der Waals surface area contributed by atoms with Crippen LogP contribution in [0.2, 0.25) is 0 Å². The molecule has 0 aliphatic rings. The van der Waals surface area contributed by atoms with Gasteiger partial charge in [-0.25, -0.2) is 0 Å². The Kier molecular flexibility index (Phi) is 1.62. The van der Waals surface area contributed by atoms with E-state index in [1.54, 1.807) is 0 Å². The number of rotatable bonds is 0. The molecule has 4 nitrogen and oxygen atoms in total. The average molecular weight is 155 g/mol. The molecule has 1 aromatic rings. The predicted molar refractivity (Wildman–Crippen MR) is 40.6 cm³/mol. The Morgan fingerprint density at radius 3 is 2.09 bits per heavy atom. The quantitative estimate of drug-likeness (QED) is 0.571. The van der Waals surface area contributed by atoms with Gasteiger partial charge in [0, 0.05) is 5.41 Å². The van der Waals surface area contributed by atoms with Crippen molar-refractivity contribution in [1.29, 1.82) is 0 Å². The van der Waals surface area contributed by atoms with Crippen LogP contribution in [0.3, 0.4) is 0 Å². The van der Waals surface area contributed by atoms with Crippen molar-refractivity contribution in [2.24, 2.45) is 0 Å². The molecule has 4 heteroatoms. The highest BCUT2D eigenvalue weighted by Gasteiger charge is 2.23. The maximum absolute atomic E-state index is 9.21. The summed E-state index contributed by atoms with van der Waals surface area (Å²) in [6.45, 7) is 7.85. The van der Waals surface area contributed by atoms with Gasteiger partial charge in [-0.05, 0) is 12.1 Å². The molecule has 62 valence electrons. The predicted octanol–water partition coefficient (Wildman–Crippen LogP) is 1.12. The Morgan fingerprint density at radius 2 is 1.91 bits per heavy atom. The molecule has 1 rings (SSSR count). The third kappa shape index (κ3) is 1.34. The number of aromatic nitrogens is 3. The second-order valence-corrected chi connectivity index (χ2v) is 3.66. The van der Waals surface area contributed by atoms with Gasteiger partial charge in [-0.3, -0.25) is 0 Å². The molecule has 0 amide bonds. The van der Waals surface area contributed by atoms with Crippen LogP contribution < -0.4 is 0 Å². The van der Waals surface area contributed by atoms with Gasteiger partial charge in [0.15, 0.2) is 0 Å². The fourth-order valence-electron chi connectivity index (χ4n) is 1.19. The van der Waals surface area contributed by atoms with Crippen molar-refractivity contribution in [2.75, 3.05) is 0 Å². The highest BCUT2D eigenvalue weighted by atomic mass is 16.5. The third-order valence-electron chi connectivity index (χ3n) is 1.53. The first-order valence-electron chi connectivity index (χ1n) is 3.55. The zero-order chi connectivity index (χ0) is 8.65. The second kappa shape index (κ2) is 2.22. The summed E-state index contributed by atoms with van der Waals surface area (Å²) in [5.74, 6) is 0. The smallest absolute Gasteiger partial charge is 0.108 e. The van der Waals surface area contributed by atoms with E-state index in [9.17, 15) is 5.21 Å². The number of nitrogens with zero attached hydrogens (tertiary/aromatic N) is 3. The van der Waals surface area contributed by atoms with Gasteiger partial charge in [0.2, 0.25) is 0 Å². The van der Waals surface area contributed by atoms with Gasteiger partial charge in [0.25, 0.3) is 0 Å². The maximum Gasteiger partial charge on any atom is 0.108 e. The Bertz CT molecular complexity index is 240. The Labute approximate surface area is 65.8 Å². The van der Waals surface area contributed by atoms with E-state index in [1.807, 2.05) is 27.7 Å². The van der Waals surface area contributed by atoms with E-state index in [0.717, 1.165) is 16.2 Å². The minimum absolute atomic E-state index is 0.109. The minimum Gasteiger partial charge on any atom is -0.410 e. The molecule has 0 aliphatic carbocycles. The van der Waals surface area contributed by atoms with E-state index in [0.29, 0.717) is 0 Å². The Hall–Kier alpha value is -1.06. The van der Waals surface area contributed by atoms with Crippen LogP contribution in [-0.4, -0.2) is 20.4 Å². The van der Waals surface area contributed by atoms with Crippen LogP contribution in [0, 0.1) is 6.92 Å². The Balaban J connectivity index is 3.21. The third-order valence-corrected chi connectivity index (χ3v) is 1.53. The molecular formula is C7H13N3O. The lowest BCUT2D eigenvalue weighted by molar-refractivity contribution is 0.125. The van der Waals surface area contributed by atoms with Crippen molar-refractivity contribution in [3.05, 3.63) is 11.4 Å². The highest BCUT2D eigenvalue weighted by Crippen LogP contribution is 2.22. The molecule has 0 spiro atoms. The summed E-state index contributed by atoms with van der Waals surface area (Å²) in [6.07, 6.45) is 0. The van der Waals surface area contributed by atoms with E-state index < -0.39 is 0 Å². The topological polar surface area (TPSA) is 50.9 Å². The van der Waals surface area contributed by atoms with E-state index in [-0.39, 0.29) is 5.41 Å². The van der Waals surface area contributed by atoms with E-state index in [2.05, 4.69) is 10.3 Å². The molecule has 1 N–H and O–H groups in total. The van der Waals surface area contributed by atoms with Gasteiger partial charge in [-0.15, -0.1) is 5.10 Å². The summed E-state index contributed by atoms with van der Waals surface area (Å²) < 4.78 is 0. The Morgan fingerprint density at radius 1 is 1.36 bits per heavy atom. The van der Waals surface area contributed by atoms with Gasteiger partial charge < -0.3 is 5.21 Å². The summed E-state index contributed by atoms with van der Waals surface area (Å²) in [7, 11) is 0. The van der Waals surface area contributed by atoms with Crippen molar-refractivity contribution >= 4 is 0 Å². The summed E-state index contributed by atoms with van der Waals surface area (Å²) in [4.78, 5) is 0.843. The monoisotopic (exact) mass is 155 g/mol. The van der Waals surface area contributed by atoms with Crippen LogP contribution in [0.25, 0.3) is 0 Å². The zero-order valence-electron chi connectivity index (χ0n) is 7.29. The molecule has 0 aromatic carbocycles. The molecule has 0 fully saturated rings. The largest absolute Gasteiger partial charge is 0.410 e. The van der Waals surface area contributed by atoms with Crippen LogP contribution in [0.15, 0.2) is 0 Å². The van der Waals surface area contributed by atoms with Crippen LogP contribution in [0.5, 0.6) is 0 Å². The van der Waals surface area contributed by atoms with Crippen molar-refractivity contribution in [1.82, 2.24) is 15.2 Å². The molecule has 0 radical (unpaired) electrons. The van der Waals surface area contributed by atoms with Crippen LogP contribution in [0.1, 0.15) is 32.2 Å². The lowest BCUT2D eigenvalue weighted by Crippen LogP contribution is -2.18. The molecule has 11 heavy (non-hydrogen) atoms. The summed E-state index contributed by atoms with van der Waals surface area (Å²) >= 11 is 0. The van der Waals surface area contributed by atoms with Crippen molar-refractivity contribution < 1.29 is 5.21 Å². The molecule has 0 saturated carbocycles. The van der Waals surface area contributed by atoms with Crippen molar-refractivity contribution in [3.8, 4) is 0 Å². The number of aryl methyl sites for hydroxylation is 1. The van der Waals surface area contributed by atoms with Gasteiger partial charge in [0.05, 0.1) is 5.69 Å². The molecular weight excluding hydrogens is 142 g/mol. The molecule has 1 aromatic heterocycles. The SMILES string of the molecule is Cc1nnn(O)c1C(C)(C)C. The van der Waals surface area contributed by atoms with Crippen molar-refractivity contribution in [2.45, 2.75) is 33.1 Å². The fraction of sp³-hybridized carbons (Fsp3) is 0.714. The van der Waals surface area contributed by atoms with Crippen LogP contribution >= 0.6 is 0 Å². The summed E-state index contributed by atoms with van der Waals surface area (Å²) in [6, 6.07) is 0. The maximum atomic E-state index is 9.21. The van der Waals surface area contributed by atoms with Gasteiger partial charge >= 0.3 is 0 Å². The van der Waals surface area contributed by atoms with Gasteiger partial charge in [0.1, 0.15) is 5.69 Å². The highest BCUT2D eigenvalue weighted by molar-refractivity contribution is 5.16. The second-order valence-electron chi connectivity index (χ2n) is 3.66. The summed E-state index contributed by atoms with van der Waals surface area (Å²) in [5, 5.41) is 16.5. The lowest BCUT2D eigenvalue weighted by Gasteiger charge is -2.16. The van der Waals surface area contributed by atoms with Gasteiger partial charge in [-0.2, -0.15) is 0 Å². The normalized spacial score (nSPS) is 12.0. The fourth-order valence-corrected chi connectivity index (χ4v) is 1.19. The number of hydrogen-bond acceptors (Lipinski definition) is 3. The first-order valence-corrected chi connectivity index (χ1v) is 3.55. The molecule has 1 heterocycles. The summed E-state index contributed by atoms with van der Waals surface area (Å²) in [5.41, 5.74) is 1.43. The van der Waals surface area contributed by atoms with E-state index in [1.165, 1.54) is 0 Å². The first-order chi connectivity index (χ1) is 4.93. The van der Waals surface area contributed by atoms with Crippen LogP contribution in [-0.2, 0) is 5.41 Å². The van der Waals surface area contributed by atoms with Crippen molar-refractivity contribution in [3.63, 3.8) is 0 Å². The van der Waals surface area contributed by atoms with E-state index >= 15 is 0 Å². The van der Waals surface area contributed by atoms with Gasteiger partial charge in [-0.1, -0.05) is 25.6 Å². The molecule has 0 bridgehead atoms. The molecule has 0 saturated heterocycles. The molecule has 0 unspecified atom stereocenters. The average Bonchev–Trinajstić information content (AvgIpc) is 2.08. The van der Waals surface area contributed by atoms with Crippen LogP contribution in [0.4, 0.5) is 0 Å². The lowest BCUT2D eigenvalue weighted by atomic mass is 9.91. The first kappa shape index (κ1) is 8.04. The van der Waals surface area contributed by atoms with E-state index in [4.69, 9.17) is 0 Å². The molecule has 0 atom stereocenters. The number of hydrogen-bond donors (Lipinski definition) is 1. The zero-order valence-corrected chi connectivity index (χ0v) is 7.29.